The largest absolute Gasteiger partial charge is 0.475 e. The molecule has 4 heteroatoms. The minimum atomic E-state index is -1.05. The molecule has 3 nitrogen and oxygen atoms in total. The van der Waals surface area contributed by atoms with Crippen LogP contribution in [-0.2, 0) is 6.42 Å². The van der Waals surface area contributed by atoms with Gasteiger partial charge in [-0.1, -0.05) is 24.6 Å². The summed E-state index contributed by atoms with van der Waals surface area (Å²) >= 11 is 5.99. The molecule has 0 aliphatic heterocycles. The molecule has 0 spiro atoms. The Morgan fingerprint density at radius 3 is 2.75 bits per heavy atom. The van der Waals surface area contributed by atoms with E-state index in [1.165, 1.54) is 0 Å². The summed E-state index contributed by atoms with van der Waals surface area (Å²) in [5.41, 5.74) is 2.16. The fourth-order valence-corrected chi connectivity index (χ4v) is 2.11. The first-order valence-corrected chi connectivity index (χ1v) is 5.37. The van der Waals surface area contributed by atoms with Crippen molar-refractivity contribution < 1.29 is 14.3 Å². The van der Waals surface area contributed by atoms with Gasteiger partial charge in [0.25, 0.3) is 0 Å². The lowest BCUT2D eigenvalue weighted by Crippen LogP contribution is -1.97. The smallest absolute Gasteiger partial charge is 0.372 e. The minimum absolute atomic E-state index is 0.00583. The second-order valence-electron chi connectivity index (χ2n) is 3.64. The van der Waals surface area contributed by atoms with Gasteiger partial charge in [0.05, 0.1) is 5.02 Å². The molecule has 16 heavy (non-hydrogen) atoms. The van der Waals surface area contributed by atoms with E-state index in [-0.39, 0.29) is 5.76 Å². The van der Waals surface area contributed by atoms with Crippen molar-refractivity contribution in [3.63, 3.8) is 0 Å². The predicted octanol–water partition coefficient (Wildman–Crippen LogP) is 3.66. The normalized spacial score (nSPS) is 10.9. The number of furan rings is 1. The molecule has 1 aromatic heterocycles. The highest BCUT2D eigenvalue weighted by molar-refractivity contribution is 6.35. The lowest BCUT2D eigenvalue weighted by molar-refractivity contribution is 0.0663. The molecular formula is C12H11ClO3. The highest BCUT2D eigenvalue weighted by Gasteiger charge is 2.21. The molecule has 0 aliphatic rings. The van der Waals surface area contributed by atoms with E-state index in [1.807, 2.05) is 19.9 Å². The van der Waals surface area contributed by atoms with Crippen LogP contribution in [0.5, 0.6) is 0 Å². The molecule has 1 N–H and O–H groups in total. The Bertz CT molecular complexity index is 569. The molecule has 0 atom stereocenters. The van der Waals surface area contributed by atoms with Gasteiger partial charge in [0.1, 0.15) is 0 Å². The van der Waals surface area contributed by atoms with Gasteiger partial charge in [-0.15, -0.1) is 0 Å². The van der Waals surface area contributed by atoms with E-state index < -0.39 is 5.97 Å². The van der Waals surface area contributed by atoms with Crippen LogP contribution in [0.1, 0.15) is 28.6 Å². The van der Waals surface area contributed by atoms with Crippen LogP contribution in [0.4, 0.5) is 0 Å². The third kappa shape index (κ3) is 1.48. The van der Waals surface area contributed by atoms with Gasteiger partial charge in [0.2, 0.25) is 5.76 Å². The second kappa shape index (κ2) is 3.83. The third-order valence-electron chi connectivity index (χ3n) is 2.65. The minimum Gasteiger partial charge on any atom is -0.475 e. The number of benzene rings is 1. The maximum absolute atomic E-state index is 11.0. The van der Waals surface area contributed by atoms with Crippen LogP contribution in [0, 0.1) is 6.92 Å². The summed E-state index contributed by atoms with van der Waals surface area (Å²) in [4.78, 5) is 11.0. The van der Waals surface area contributed by atoms with Gasteiger partial charge in [-0.25, -0.2) is 4.79 Å². The average Bonchev–Trinajstić information content (AvgIpc) is 2.64. The van der Waals surface area contributed by atoms with Crippen LogP contribution in [0.2, 0.25) is 5.02 Å². The van der Waals surface area contributed by atoms with Gasteiger partial charge in [0.15, 0.2) is 5.58 Å². The summed E-state index contributed by atoms with van der Waals surface area (Å²) < 4.78 is 5.33. The zero-order chi connectivity index (χ0) is 11.9. The summed E-state index contributed by atoms with van der Waals surface area (Å²) in [6.07, 6.45) is 0.607. The Hall–Kier alpha value is -1.48. The third-order valence-corrected chi connectivity index (χ3v) is 2.94. The van der Waals surface area contributed by atoms with Crippen molar-refractivity contribution in [2.24, 2.45) is 0 Å². The van der Waals surface area contributed by atoms with E-state index in [9.17, 15) is 4.79 Å². The molecule has 2 rings (SSSR count). The first-order chi connectivity index (χ1) is 7.56. The molecule has 0 saturated carbocycles. The Balaban J connectivity index is 2.92. The van der Waals surface area contributed by atoms with Crippen molar-refractivity contribution in [2.75, 3.05) is 0 Å². The highest BCUT2D eigenvalue weighted by Crippen LogP contribution is 2.34. The number of hydrogen-bond acceptors (Lipinski definition) is 2. The van der Waals surface area contributed by atoms with Crippen LogP contribution >= 0.6 is 11.6 Å². The van der Waals surface area contributed by atoms with E-state index in [1.54, 1.807) is 6.07 Å². The van der Waals surface area contributed by atoms with E-state index in [4.69, 9.17) is 21.1 Å². The Labute approximate surface area is 97.6 Å². The van der Waals surface area contributed by atoms with E-state index >= 15 is 0 Å². The standard InChI is InChI=1S/C12H11ClO3/c1-3-7-9-6(2)4-5-8(13)11(9)16-10(7)12(14)15/h4-5H,3H2,1-2H3,(H,14,15). The summed E-state index contributed by atoms with van der Waals surface area (Å²) in [5.74, 6) is -1.06. The SMILES string of the molecule is CCc1c(C(=O)O)oc2c(Cl)ccc(C)c12. The highest BCUT2D eigenvalue weighted by atomic mass is 35.5. The zero-order valence-corrected chi connectivity index (χ0v) is 9.76. The monoisotopic (exact) mass is 238 g/mol. The molecule has 0 saturated heterocycles. The van der Waals surface area contributed by atoms with Crippen molar-refractivity contribution in [3.05, 3.63) is 34.0 Å². The molecule has 0 aliphatic carbocycles. The number of fused-ring (bicyclic) bond motifs is 1. The number of carbonyl (C=O) groups is 1. The first-order valence-electron chi connectivity index (χ1n) is 5.00. The Morgan fingerprint density at radius 1 is 1.50 bits per heavy atom. The molecule has 0 unspecified atom stereocenters. The summed E-state index contributed by atoms with van der Waals surface area (Å²) in [6, 6.07) is 3.58. The number of hydrogen-bond donors (Lipinski definition) is 1. The molecule has 1 heterocycles. The average molecular weight is 239 g/mol. The van der Waals surface area contributed by atoms with Gasteiger partial charge in [-0.3, -0.25) is 0 Å². The molecule has 1 aromatic carbocycles. The molecule has 0 bridgehead atoms. The van der Waals surface area contributed by atoms with Crippen molar-refractivity contribution in [1.29, 1.82) is 0 Å². The lowest BCUT2D eigenvalue weighted by atomic mass is 10.0. The van der Waals surface area contributed by atoms with E-state index in [2.05, 4.69) is 0 Å². The molecular weight excluding hydrogens is 228 g/mol. The van der Waals surface area contributed by atoms with Gasteiger partial charge in [-0.2, -0.15) is 0 Å². The van der Waals surface area contributed by atoms with E-state index in [0.29, 0.717) is 22.6 Å². The number of aryl methyl sites for hydroxylation is 2. The first kappa shape index (κ1) is 11.0. The summed E-state index contributed by atoms with van der Waals surface area (Å²) in [6.45, 7) is 3.82. The Kier molecular flexibility index (Phi) is 2.64. The van der Waals surface area contributed by atoms with Gasteiger partial charge < -0.3 is 9.52 Å². The maximum atomic E-state index is 11.0. The molecule has 0 fully saturated rings. The van der Waals surface area contributed by atoms with E-state index in [0.717, 1.165) is 10.9 Å². The summed E-state index contributed by atoms with van der Waals surface area (Å²) in [5, 5.41) is 10.3. The predicted molar refractivity (Wildman–Crippen MR) is 62.3 cm³/mol. The lowest BCUT2D eigenvalue weighted by Gasteiger charge is -1.99. The zero-order valence-electron chi connectivity index (χ0n) is 9.00. The maximum Gasteiger partial charge on any atom is 0.372 e. The molecule has 2 aromatic rings. The fourth-order valence-electron chi connectivity index (χ4n) is 1.92. The van der Waals surface area contributed by atoms with Crippen molar-refractivity contribution in [1.82, 2.24) is 0 Å². The number of carboxylic acid groups (broad SMARTS) is 1. The molecule has 0 radical (unpaired) electrons. The number of aromatic carboxylic acids is 1. The van der Waals surface area contributed by atoms with Gasteiger partial charge in [0, 0.05) is 10.9 Å². The number of carboxylic acids is 1. The fraction of sp³-hybridized carbons (Fsp3) is 0.250. The quantitative estimate of drug-likeness (QED) is 0.869. The van der Waals surface area contributed by atoms with Gasteiger partial charge in [-0.05, 0) is 25.0 Å². The van der Waals surface area contributed by atoms with Crippen LogP contribution in [0.15, 0.2) is 16.5 Å². The van der Waals surface area contributed by atoms with Crippen molar-refractivity contribution in [2.45, 2.75) is 20.3 Å². The van der Waals surface area contributed by atoms with Crippen LogP contribution in [0.3, 0.4) is 0 Å². The molecule has 84 valence electrons. The second-order valence-corrected chi connectivity index (χ2v) is 4.04. The molecule has 0 amide bonds. The topological polar surface area (TPSA) is 50.4 Å². The van der Waals surface area contributed by atoms with Crippen LogP contribution in [0.25, 0.3) is 11.0 Å². The number of rotatable bonds is 2. The van der Waals surface area contributed by atoms with Gasteiger partial charge >= 0.3 is 5.97 Å². The van der Waals surface area contributed by atoms with Crippen molar-refractivity contribution in [3.8, 4) is 0 Å². The van der Waals surface area contributed by atoms with Crippen LogP contribution < -0.4 is 0 Å². The number of halogens is 1. The van der Waals surface area contributed by atoms with Crippen molar-refractivity contribution >= 4 is 28.5 Å². The Morgan fingerprint density at radius 2 is 2.19 bits per heavy atom. The summed E-state index contributed by atoms with van der Waals surface area (Å²) in [7, 11) is 0. The van der Waals surface area contributed by atoms with Crippen LogP contribution in [-0.4, -0.2) is 11.1 Å².